The van der Waals surface area contributed by atoms with Crippen molar-refractivity contribution in [2.45, 2.75) is 12.8 Å². The summed E-state index contributed by atoms with van der Waals surface area (Å²) in [6, 6.07) is 0. The van der Waals surface area contributed by atoms with Gasteiger partial charge in [0.25, 0.3) is 0 Å². The predicted molar refractivity (Wildman–Crippen MR) is 43.3 cm³/mol. The van der Waals surface area contributed by atoms with E-state index in [0.29, 0.717) is 13.4 Å². The minimum atomic E-state index is 0.253. The minimum absolute atomic E-state index is 0.253. The monoisotopic (exact) mass is 160 g/mol. The zero-order chi connectivity index (χ0) is 8.36. The third-order valence-corrected chi connectivity index (χ3v) is 1.11. The van der Waals surface area contributed by atoms with Gasteiger partial charge in [0.2, 0.25) is 0 Å². The SMILES string of the molecule is COCOC/C=C\CCCO. The van der Waals surface area contributed by atoms with Crippen LogP contribution in [0.4, 0.5) is 0 Å². The van der Waals surface area contributed by atoms with Gasteiger partial charge in [0.05, 0.1) is 6.61 Å². The van der Waals surface area contributed by atoms with E-state index in [-0.39, 0.29) is 6.61 Å². The van der Waals surface area contributed by atoms with Gasteiger partial charge in [-0.3, -0.25) is 0 Å². The third kappa shape index (κ3) is 9.62. The van der Waals surface area contributed by atoms with Crippen LogP contribution in [0, 0.1) is 0 Å². The van der Waals surface area contributed by atoms with E-state index in [4.69, 9.17) is 9.84 Å². The fraction of sp³-hybridized carbons (Fsp3) is 0.750. The molecule has 0 atom stereocenters. The van der Waals surface area contributed by atoms with Gasteiger partial charge >= 0.3 is 0 Å². The molecule has 66 valence electrons. The van der Waals surface area contributed by atoms with Crippen LogP contribution >= 0.6 is 0 Å². The number of hydrogen-bond acceptors (Lipinski definition) is 3. The molecule has 3 nitrogen and oxygen atoms in total. The first-order valence-electron chi connectivity index (χ1n) is 3.74. The van der Waals surface area contributed by atoms with Gasteiger partial charge in [-0.2, -0.15) is 0 Å². The number of methoxy groups -OCH3 is 1. The maximum atomic E-state index is 8.42. The number of hydrogen-bond donors (Lipinski definition) is 1. The number of aliphatic hydroxyl groups is 1. The summed E-state index contributed by atoms with van der Waals surface area (Å²) < 4.78 is 9.66. The van der Waals surface area contributed by atoms with Crippen LogP contribution in [0.5, 0.6) is 0 Å². The van der Waals surface area contributed by atoms with E-state index in [2.05, 4.69) is 4.74 Å². The Bertz CT molecular complexity index is 91.3. The largest absolute Gasteiger partial charge is 0.396 e. The van der Waals surface area contributed by atoms with Crippen LogP contribution in [0.2, 0.25) is 0 Å². The molecule has 0 aliphatic rings. The van der Waals surface area contributed by atoms with Crippen LogP contribution in [0.15, 0.2) is 12.2 Å². The van der Waals surface area contributed by atoms with E-state index < -0.39 is 0 Å². The molecule has 0 aliphatic heterocycles. The van der Waals surface area contributed by atoms with Crippen molar-refractivity contribution < 1.29 is 14.6 Å². The number of ether oxygens (including phenoxy) is 2. The van der Waals surface area contributed by atoms with Gasteiger partial charge in [-0.25, -0.2) is 0 Å². The Kier molecular flexibility index (Phi) is 9.29. The second-order valence-electron chi connectivity index (χ2n) is 2.11. The Morgan fingerprint density at radius 3 is 2.82 bits per heavy atom. The average molecular weight is 160 g/mol. The molecule has 3 heteroatoms. The molecule has 11 heavy (non-hydrogen) atoms. The number of rotatable bonds is 7. The molecule has 0 bridgehead atoms. The molecule has 0 aromatic rings. The lowest BCUT2D eigenvalue weighted by atomic mass is 10.3. The Labute approximate surface area is 67.6 Å². The highest BCUT2D eigenvalue weighted by atomic mass is 16.7. The zero-order valence-corrected chi connectivity index (χ0v) is 6.95. The van der Waals surface area contributed by atoms with Crippen molar-refractivity contribution in [3.05, 3.63) is 12.2 Å². The lowest BCUT2D eigenvalue weighted by Crippen LogP contribution is -1.95. The van der Waals surface area contributed by atoms with Crippen molar-refractivity contribution in [2.24, 2.45) is 0 Å². The van der Waals surface area contributed by atoms with Gasteiger partial charge in [-0.15, -0.1) is 0 Å². The molecular weight excluding hydrogens is 144 g/mol. The molecule has 0 heterocycles. The van der Waals surface area contributed by atoms with Crippen LogP contribution in [0.25, 0.3) is 0 Å². The Morgan fingerprint density at radius 1 is 1.36 bits per heavy atom. The van der Waals surface area contributed by atoms with Crippen molar-refractivity contribution in [1.29, 1.82) is 0 Å². The Balaban J connectivity index is 2.91. The lowest BCUT2D eigenvalue weighted by Gasteiger charge is -1.96. The summed E-state index contributed by atoms with van der Waals surface area (Å²) in [5, 5.41) is 8.42. The minimum Gasteiger partial charge on any atom is -0.396 e. The number of aliphatic hydroxyl groups excluding tert-OH is 1. The first-order chi connectivity index (χ1) is 5.41. The van der Waals surface area contributed by atoms with Gasteiger partial charge in [-0.1, -0.05) is 12.2 Å². The average Bonchev–Trinajstić information content (AvgIpc) is 2.03. The summed E-state index contributed by atoms with van der Waals surface area (Å²) in [6.07, 6.45) is 5.65. The summed E-state index contributed by atoms with van der Waals surface area (Å²) >= 11 is 0. The molecular formula is C8H16O3. The second-order valence-corrected chi connectivity index (χ2v) is 2.11. The van der Waals surface area contributed by atoms with E-state index in [1.807, 2.05) is 12.2 Å². The quantitative estimate of drug-likeness (QED) is 0.342. The Hall–Kier alpha value is -0.380. The summed E-state index contributed by atoms with van der Waals surface area (Å²) in [4.78, 5) is 0. The van der Waals surface area contributed by atoms with E-state index in [9.17, 15) is 0 Å². The highest BCUT2D eigenvalue weighted by Crippen LogP contribution is 1.88. The maximum absolute atomic E-state index is 8.42. The van der Waals surface area contributed by atoms with Crippen LogP contribution < -0.4 is 0 Å². The third-order valence-electron chi connectivity index (χ3n) is 1.11. The molecule has 0 aromatic heterocycles. The van der Waals surface area contributed by atoms with E-state index in [0.717, 1.165) is 12.8 Å². The van der Waals surface area contributed by atoms with Crippen molar-refractivity contribution in [2.75, 3.05) is 27.1 Å². The van der Waals surface area contributed by atoms with Crippen molar-refractivity contribution >= 4 is 0 Å². The van der Waals surface area contributed by atoms with Gasteiger partial charge in [0, 0.05) is 13.7 Å². The van der Waals surface area contributed by atoms with Gasteiger partial charge in [-0.05, 0) is 12.8 Å². The van der Waals surface area contributed by atoms with Crippen molar-refractivity contribution in [3.8, 4) is 0 Å². The van der Waals surface area contributed by atoms with Crippen LogP contribution in [-0.2, 0) is 9.47 Å². The molecule has 0 spiro atoms. The topological polar surface area (TPSA) is 38.7 Å². The van der Waals surface area contributed by atoms with Crippen molar-refractivity contribution in [1.82, 2.24) is 0 Å². The lowest BCUT2D eigenvalue weighted by molar-refractivity contribution is -0.0187. The number of unbranched alkanes of at least 4 members (excludes halogenated alkanes) is 1. The fourth-order valence-corrected chi connectivity index (χ4v) is 0.595. The van der Waals surface area contributed by atoms with Crippen LogP contribution in [0.3, 0.4) is 0 Å². The maximum Gasteiger partial charge on any atom is 0.146 e. The first-order valence-corrected chi connectivity index (χ1v) is 3.74. The molecule has 0 aliphatic carbocycles. The normalized spacial score (nSPS) is 11.1. The molecule has 0 unspecified atom stereocenters. The highest BCUT2D eigenvalue weighted by Gasteiger charge is 1.80. The van der Waals surface area contributed by atoms with Crippen molar-refractivity contribution in [3.63, 3.8) is 0 Å². The molecule has 0 saturated carbocycles. The number of allylic oxidation sites excluding steroid dienone is 1. The predicted octanol–water partition coefficient (Wildman–Crippen LogP) is 0.936. The van der Waals surface area contributed by atoms with E-state index in [1.54, 1.807) is 7.11 Å². The molecule has 0 fully saturated rings. The standard InChI is InChI=1S/C8H16O3/c1-10-8-11-7-5-3-2-4-6-9/h3,5,9H,2,4,6-8H2,1H3/b5-3-. The summed E-state index contributed by atoms with van der Waals surface area (Å²) in [5.74, 6) is 0. The van der Waals surface area contributed by atoms with Crippen LogP contribution in [-0.4, -0.2) is 32.2 Å². The van der Waals surface area contributed by atoms with E-state index >= 15 is 0 Å². The van der Waals surface area contributed by atoms with Gasteiger partial charge < -0.3 is 14.6 Å². The van der Waals surface area contributed by atoms with Crippen LogP contribution in [0.1, 0.15) is 12.8 Å². The highest BCUT2D eigenvalue weighted by molar-refractivity contribution is 4.80. The second kappa shape index (κ2) is 9.62. The smallest absolute Gasteiger partial charge is 0.146 e. The van der Waals surface area contributed by atoms with E-state index in [1.165, 1.54) is 0 Å². The molecule has 0 rings (SSSR count). The summed E-state index contributed by atoms with van der Waals surface area (Å²) in [6.45, 7) is 1.17. The first kappa shape index (κ1) is 10.6. The molecule has 1 N–H and O–H groups in total. The zero-order valence-electron chi connectivity index (χ0n) is 6.95. The Morgan fingerprint density at radius 2 is 2.18 bits per heavy atom. The summed E-state index contributed by atoms with van der Waals surface area (Å²) in [5.41, 5.74) is 0. The van der Waals surface area contributed by atoms with Gasteiger partial charge in [0.15, 0.2) is 0 Å². The fourth-order valence-electron chi connectivity index (χ4n) is 0.595. The molecule has 0 saturated heterocycles. The van der Waals surface area contributed by atoms with Gasteiger partial charge in [0.1, 0.15) is 6.79 Å². The molecule has 0 radical (unpaired) electrons. The molecule has 0 aromatic carbocycles. The summed E-state index contributed by atoms with van der Waals surface area (Å²) in [7, 11) is 1.59. The molecule has 0 amide bonds.